The molecule has 5 nitrogen and oxygen atoms in total. The maximum atomic E-state index is 13.5. The molecule has 0 saturated carbocycles. The van der Waals surface area contributed by atoms with Crippen molar-refractivity contribution in [1.82, 2.24) is 0 Å². The minimum Gasteiger partial charge on any atom is -0.478 e. The number of rotatable bonds is 5. The van der Waals surface area contributed by atoms with Crippen LogP contribution in [0.1, 0.15) is 16.1 Å². The molecule has 0 amide bonds. The second-order valence-electron chi connectivity index (χ2n) is 5.40. The van der Waals surface area contributed by atoms with Gasteiger partial charge in [0.15, 0.2) is 23.3 Å². The molecule has 2 aromatic carbocycles. The Bertz CT molecular complexity index is 1050. The molecule has 0 aliphatic carbocycles. The molecule has 0 saturated heterocycles. The number of nitrogens with one attached hydrogen (secondary N) is 1. The van der Waals surface area contributed by atoms with E-state index in [0.717, 1.165) is 6.21 Å². The Labute approximate surface area is 153 Å². The Morgan fingerprint density at radius 1 is 0.893 bits per heavy atom. The second-order valence-corrected chi connectivity index (χ2v) is 5.40. The number of anilines is 1. The summed E-state index contributed by atoms with van der Waals surface area (Å²) in [6.45, 7) is 0. The number of halogens is 5. The molecule has 3 rings (SSSR count). The van der Waals surface area contributed by atoms with Crippen LogP contribution in [-0.4, -0.2) is 17.3 Å². The minimum absolute atomic E-state index is 0.0871. The lowest BCUT2D eigenvalue weighted by molar-refractivity contribution is 0.0697. The fourth-order valence-corrected chi connectivity index (χ4v) is 2.22. The van der Waals surface area contributed by atoms with Crippen LogP contribution in [-0.2, 0) is 0 Å². The average molecular weight is 396 g/mol. The van der Waals surface area contributed by atoms with Crippen LogP contribution in [0.2, 0.25) is 0 Å². The molecule has 0 bridgehead atoms. The minimum atomic E-state index is -2.27. The first-order valence-electron chi connectivity index (χ1n) is 7.53. The van der Waals surface area contributed by atoms with E-state index in [0.29, 0.717) is 11.3 Å². The predicted octanol–water partition coefficient (Wildman–Crippen LogP) is 4.79. The lowest BCUT2D eigenvalue weighted by Crippen LogP contribution is -2.06. The molecule has 10 heteroatoms. The van der Waals surface area contributed by atoms with Gasteiger partial charge in [-0.3, -0.25) is 5.43 Å². The molecule has 0 aliphatic heterocycles. The molecule has 1 aromatic heterocycles. The summed E-state index contributed by atoms with van der Waals surface area (Å²) >= 11 is 0. The van der Waals surface area contributed by atoms with Gasteiger partial charge in [0.1, 0.15) is 17.2 Å². The lowest BCUT2D eigenvalue weighted by atomic mass is 10.1. The van der Waals surface area contributed by atoms with Gasteiger partial charge in [0.2, 0.25) is 5.82 Å². The van der Waals surface area contributed by atoms with E-state index < -0.39 is 40.7 Å². The van der Waals surface area contributed by atoms with E-state index in [1.54, 1.807) is 5.43 Å². The standard InChI is InChI=1S/C18H9F5N2O3/c19-12-13(20)15(22)17(16(23)14(12)21)25-24-7-10-5-6-11(28-10)8-1-3-9(4-2-8)18(26)27/h1-7,25H,(H,26,27). The van der Waals surface area contributed by atoms with Crippen molar-refractivity contribution in [2.24, 2.45) is 5.10 Å². The number of hydrogen-bond donors (Lipinski definition) is 2. The van der Waals surface area contributed by atoms with Gasteiger partial charge in [-0.05, 0) is 24.3 Å². The molecule has 0 radical (unpaired) electrons. The third-order valence-corrected chi connectivity index (χ3v) is 3.62. The van der Waals surface area contributed by atoms with Crippen LogP contribution in [0, 0.1) is 29.1 Å². The van der Waals surface area contributed by atoms with Crippen LogP contribution in [0.25, 0.3) is 11.3 Å². The molecule has 0 atom stereocenters. The van der Waals surface area contributed by atoms with Gasteiger partial charge in [0.25, 0.3) is 0 Å². The topological polar surface area (TPSA) is 74.8 Å². The number of nitrogens with zero attached hydrogens (tertiary/aromatic N) is 1. The normalized spacial score (nSPS) is 11.2. The van der Waals surface area contributed by atoms with Crippen molar-refractivity contribution in [3.8, 4) is 11.3 Å². The third-order valence-electron chi connectivity index (χ3n) is 3.62. The number of carboxylic acid groups (broad SMARTS) is 1. The Hall–Kier alpha value is -3.69. The molecule has 0 spiro atoms. The van der Waals surface area contributed by atoms with E-state index >= 15 is 0 Å². The summed E-state index contributed by atoms with van der Waals surface area (Å²) in [6.07, 6.45) is 0.965. The van der Waals surface area contributed by atoms with Crippen molar-refractivity contribution >= 4 is 17.9 Å². The predicted molar refractivity (Wildman–Crippen MR) is 88.6 cm³/mol. The van der Waals surface area contributed by atoms with Crippen molar-refractivity contribution in [2.75, 3.05) is 5.43 Å². The SMILES string of the molecule is O=C(O)c1ccc(-c2ccc(C=NNc3c(F)c(F)c(F)c(F)c3F)o2)cc1. The molecule has 0 aliphatic rings. The summed E-state index contributed by atoms with van der Waals surface area (Å²) in [7, 11) is 0. The summed E-state index contributed by atoms with van der Waals surface area (Å²) in [5.74, 6) is -11.2. The second kappa shape index (κ2) is 7.51. The number of hydrazone groups is 1. The maximum Gasteiger partial charge on any atom is 0.335 e. The van der Waals surface area contributed by atoms with E-state index in [1.807, 2.05) is 0 Å². The number of furan rings is 1. The van der Waals surface area contributed by atoms with E-state index in [9.17, 15) is 26.7 Å². The highest BCUT2D eigenvalue weighted by Gasteiger charge is 2.25. The molecule has 2 N–H and O–H groups in total. The zero-order valence-electron chi connectivity index (χ0n) is 13.6. The summed E-state index contributed by atoms with van der Waals surface area (Å²) in [6, 6.07) is 8.73. The molecular formula is C18H9F5N2O3. The zero-order valence-corrected chi connectivity index (χ0v) is 13.6. The van der Waals surface area contributed by atoms with Crippen LogP contribution >= 0.6 is 0 Å². The Morgan fingerprint density at radius 2 is 1.46 bits per heavy atom. The number of carbonyl (C=O) groups is 1. The van der Waals surface area contributed by atoms with E-state index in [-0.39, 0.29) is 11.3 Å². The molecule has 1 heterocycles. The zero-order chi connectivity index (χ0) is 20.4. The van der Waals surface area contributed by atoms with Crippen molar-refractivity contribution < 1.29 is 36.3 Å². The van der Waals surface area contributed by atoms with Crippen LogP contribution < -0.4 is 5.43 Å². The van der Waals surface area contributed by atoms with Crippen LogP contribution in [0.3, 0.4) is 0 Å². The van der Waals surface area contributed by atoms with Crippen molar-refractivity contribution in [2.45, 2.75) is 0 Å². The number of carboxylic acids is 1. The van der Waals surface area contributed by atoms with Crippen molar-refractivity contribution in [3.05, 3.63) is 76.8 Å². The summed E-state index contributed by atoms with van der Waals surface area (Å²) < 4.78 is 71.6. The largest absolute Gasteiger partial charge is 0.478 e. The van der Waals surface area contributed by atoms with Crippen LogP contribution in [0.4, 0.5) is 27.6 Å². The third kappa shape index (κ3) is 3.56. The number of benzene rings is 2. The average Bonchev–Trinajstić information content (AvgIpc) is 3.16. The molecule has 144 valence electrons. The van der Waals surface area contributed by atoms with Gasteiger partial charge in [-0.2, -0.15) is 5.10 Å². The summed E-state index contributed by atoms with van der Waals surface area (Å²) in [4.78, 5) is 10.8. The van der Waals surface area contributed by atoms with Crippen molar-refractivity contribution in [1.29, 1.82) is 0 Å². The first-order chi connectivity index (χ1) is 13.3. The number of aromatic carboxylic acids is 1. The highest BCUT2D eigenvalue weighted by molar-refractivity contribution is 5.88. The molecular weight excluding hydrogens is 387 g/mol. The molecule has 3 aromatic rings. The molecule has 0 unspecified atom stereocenters. The van der Waals surface area contributed by atoms with Crippen LogP contribution in [0.15, 0.2) is 45.9 Å². The first kappa shape index (κ1) is 19.1. The van der Waals surface area contributed by atoms with Gasteiger partial charge in [-0.1, -0.05) is 12.1 Å². The Morgan fingerprint density at radius 3 is 2.04 bits per heavy atom. The van der Waals surface area contributed by atoms with E-state index in [4.69, 9.17) is 9.52 Å². The lowest BCUT2D eigenvalue weighted by Gasteiger charge is -2.06. The highest BCUT2D eigenvalue weighted by Crippen LogP contribution is 2.27. The van der Waals surface area contributed by atoms with E-state index in [1.165, 1.54) is 36.4 Å². The number of hydrogen-bond acceptors (Lipinski definition) is 4. The van der Waals surface area contributed by atoms with Gasteiger partial charge in [0, 0.05) is 5.56 Å². The van der Waals surface area contributed by atoms with Gasteiger partial charge >= 0.3 is 5.97 Å². The smallest absolute Gasteiger partial charge is 0.335 e. The Kier molecular flexibility index (Phi) is 5.12. The summed E-state index contributed by atoms with van der Waals surface area (Å²) in [5.41, 5.74) is 1.09. The summed E-state index contributed by atoms with van der Waals surface area (Å²) in [5, 5.41) is 12.3. The quantitative estimate of drug-likeness (QED) is 0.214. The van der Waals surface area contributed by atoms with Gasteiger partial charge in [-0.15, -0.1) is 0 Å². The monoisotopic (exact) mass is 396 g/mol. The van der Waals surface area contributed by atoms with Gasteiger partial charge in [-0.25, -0.2) is 26.7 Å². The van der Waals surface area contributed by atoms with Gasteiger partial charge < -0.3 is 9.52 Å². The fraction of sp³-hybridized carbons (Fsp3) is 0. The van der Waals surface area contributed by atoms with Crippen LogP contribution in [0.5, 0.6) is 0 Å². The molecule has 0 fully saturated rings. The highest BCUT2D eigenvalue weighted by atomic mass is 19.2. The fourth-order valence-electron chi connectivity index (χ4n) is 2.22. The van der Waals surface area contributed by atoms with Gasteiger partial charge in [0.05, 0.1) is 11.8 Å². The molecule has 28 heavy (non-hydrogen) atoms. The van der Waals surface area contributed by atoms with E-state index in [2.05, 4.69) is 5.10 Å². The first-order valence-corrected chi connectivity index (χ1v) is 7.53. The maximum absolute atomic E-state index is 13.5. The Balaban J connectivity index is 1.77. The van der Waals surface area contributed by atoms with Crippen molar-refractivity contribution in [3.63, 3.8) is 0 Å².